The van der Waals surface area contributed by atoms with Gasteiger partial charge in [0.05, 0.1) is 5.69 Å². The van der Waals surface area contributed by atoms with Crippen LogP contribution in [0.1, 0.15) is 30.5 Å². The lowest BCUT2D eigenvalue weighted by molar-refractivity contribution is 0.718. The van der Waals surface area contributed by atoms with Gasteiger partial charge in [0.1, 0.15) is 9.88 Å². The molecule has 0 amide bonds. The van der Waals surface area contributed by atoms with E-state index in [1.165, 1.54) is 11.5 Å². The highest BCUT2D eigenvalue weighted by molar-refractivity contribution is 7.19. The van der Waals surface area contributed by atoms with Crippen LogP contribution in [-0.2, 0) is 12.8 Å². The smallest absolute Gasteiger partial charge is 0.161 e. The van der Waals surface area contributed by atoms with Gasteiger partial charge in [-0.15, -0.1) is 15.3 Å². The van der Waals surface area contributed by atoms with Gasteiger partial charge < -0.3 is 5.32 Å². The van der Waals surface area contributed by atoms with Gasteiger partial charge in [-0.2, -0.15) is 0 Å². The summed E-state index contributed by atoms with van der Waals surface area (Å²) in [6.45, 7) is 3.16. The summed E-state index contributed by atoms with van der Waals surface area (Å²) in [4.78, 5) is 1.09. The van der Waals surface area contributed by atoms with Crippen LogP contribution in [0.25, 0.3) is 9.88 Å². The number of nitrogens with one attached hydrogen (secondary N) is 1. The summed E-state index contributed by atoms with van der Waals surface area (Å²) >= 11 is 3.08. The summed E-state index contributed by atoms with van der Waals surface area (Å²) in [6.07, 6.45) is 4.11. The van der Waals surface area contributed by atoms with Crippen LogP contribution in [0.4, 0.5) is 0 Å². The van der Waals surface area contributed by atoms with Crippen molar-refractivity contribution in [2.75, 3.05) is 13.6 Å². The molecule has 2 aromatic rings. The molecule has 2 rings (SSSR count). The molecule has 0 spiro atoms. The SMILES string of the molecule is CCCc1nnsc1-c1nnc(CCCNC)s1. The fourth-order valence-electron chi connectivity index (χ4n) is 1.63. The molecule has 0 aliphatic heterocycles. The number of aryl methyl sites for hydroxylation is 2. The third-order valence-electron chi connectivity index (χ3n) is 2.52. The summed E-state index contributed by atoms with van der Waals surface area (Å²) in [5.41, 5.74) is 1.06. The Kier molecular flexibility index (Phi) is 5.15. The van der Waals surface area contributed by atoms with E-state index in [1.807, 2.05) is 7.05 Å². The zero-order valence-corrected chi connectivity index (χ0v) is 12.3. The zero-order chi connectivity index (χ0) is 12.8. The number of aromatic nitrogens is 4. The lowest BCUT2D eigenvalue weighted by Gasteiger charge is -1.95. The van der Waals surface area contributed by atoms with Crippen molar-refractivity contribution in [1.82, 2.24) is 25.1 Å². The molecule has 2 aromatic heterocycles. The van der Waals surface area contributed by atoms with E-state index in [0.717, 1.165) is 52.8 Å². The molecular weight excluding hydrogens is 266 g/mol. The first-order valence-corrected chi connectivity index (χ1v) is 7.72. The summed E-state index contributed by atoms with van der Waals surface area (Å²) in [5.74, 6) is 0. The molecule has 0 radical (unpaired) electrons. The molecule has 0 unspecified atom stereocenters. The molecule has 0 saturated carbocycles. The minimum absolute atomic E-state index is 0.959. The normalized spacial score (nSPS) is 11.0. The molecule has 0 saturated heterocycles. The van der Waals surface area contributed by atoms with Gasteiger partial charge in [0.2, 0.25) is 0 Å². The van der Waals surface area contributed by atoms with Gasteiger partial charge in [0.15, 0.2) is 5.01 Å². The molecule has 0 bridgehead atoms. The van der Waals surface area contributed by atoms with Gasteiger partial charge in [-0.25, -0.2) is 0 Å². The Morgan fingerprint density at radius 2 is 2.06 bits per heavy atom. The zero-order valence-electron chi connectivity index (χ0n) is 10.6. The second-order valence-corrected chi connectivity index (χ2v) is 5.82. The van der Waals surface area contributed by atoms with Crippen molar-refractivity contribution in [3.8, 4) is 9.88 Å². The van der Waals surface area contributed by atoms with E-state index < -0.39 is 0 Å². The molecule has 0 atom stereocenters. The van der Waals surface area contributed by atoms with E-state index in [1.54, 1.807) is 11.3 Å². The van der Waals surface area contributed by atoms with Gasteiger partial charge >= 0.3 is 0 Å². The van der Waals surface area contributed by atoms with Crippen molar-refractivity contribution in [2.45, 2.75) is 32.6 Å². The van der Waals surface area contributed by atoms with Gasteiger partial charge in [-0.3, -0.25) is 0 Å². The van der Waals surface area contributed by atoms with Crippen molar-refractivity contribution in [1.29, 1.82) is 0 Å². The first-order valence-electron chi connectivity index (χ1n) is 6.13. The van der Waals surface area contributed by atoms with E-state index in [2.05, 4.69) is 32.0 Å². The predicted molar refractivity (Wildman–Crippen MR) is 75.1 cm³/mol. The maximum atomic E-state index is 4.26. The Bertz CT molecular complexity index is 479. The van der Waals surface area contributed by atoms with Gasteiger partial charge in [-0.05, 0) is 38.0 Å². The number of hydrogen-bond donors (Lipinski definition) is 1. The maximum Gasteiger partial charge on any atom is 0.161 e. The van der Waals surface area contributed by atoms with Crippen LogP contribution < -0.4 is 5.32 Å². The standard InChI is InChI=1S/C11H17N5S2/c1-3-5-8-10(18-16-13-8)11-15-14-9(17-11)6-4-7-12-2/h12H,3-7H2,1-2H3. The molecule has 5 nitrogen and oxygen atoms in total. The van der Waals surface area contributed by atoms with Crippen LogP contribution in [0.3, 0.4) is 0 Å². The monoisotopic (exact) mass is 283 g/mol. The molecular formula is C11H17N5S2. The van der Waals surface area contributed by atoms with E-state index in [-0.39, 0.29) is 0 Å². The Labute approximate surface area is 115 Å². The topological polar surface area (TPSA) is 63.6 Å². The van der Waals surface area contributed by atoms with E-state index in [0.29, 0.717) is 0 Å². The molecule has 0 aliphatic carbocycles. The molecule has 0 aromatic carbocycles. The summed E-state index contributed by atoms with van der Waals surface area (Å²) < 4.78 is 4.02. The number of rotatable bonds is 7. The minimum atomic E-state index is 0.959. The molecule has 1 N–H and O–H groups in total. The molecule has 0 fully saturated rings. The second-order valence-electron chi connectivity index (χ2n) is 4.01. The summed E-state index contributed by atoms with van der Waals surface area (Å²) in [6, 6.07) is 0. The largest absolute Gasteiger partial charge is 0.320 e. The molecule has 2 heterocycles. The highest BCUT2D eigenvalue weighted by Crippen LogP contribution is 2.29. The summed E-state index contributed by atoms with van der Waals surface area (Å²) in [7, 11) is 1.96. The van der Waals surface area contributed by atoms with Crippen LogP contribution >= 0.6 is 22.9 Å². The molecule has 18 heavy (non-hydrogen) atoms. The van der Waals surface area contributed by atoms with Crippen molar-refractivity contribution < 1.29 is 0 Å². The van der Waals surface area contributed by atoms with Crippen LogP contribution in [0.2, 0.25) is 0 Å². The van der Waals surface area contributed by atoms with Crippen LogP contribution in [-0.4, -0.2) is 33.4 Å². The van der Waals surface area contributed by atoms with Gasteiger partial charge in [0, 0.05) is 6.42 Å². The lowest BCUT2D eigenvalue weighted by Crippen LogP contribution is -2.08. The van der Waals surface area contributed by atoms with Crippen LogP contribution in [0.5, 0.6) is 0 Å². The third-order valence-corrected chi connectivity index (χ3v) is 4.43. The van der Waals surface area contributed by atoms with E-state index in [4.69, 9.17) is 0 Å². The second kappa shape index (κ2) is 6.86. The van der Waals surface area contributed by atoms with Crippen LogP contribution in [0.15, 0.2) is 0 Å². The average molecular weight is 283 g/mol. The molecule has 0 aliphatic rings. The average Bonchev–Trinajstić information content (AvgIpc) is 2.98. The van der Waals surface area contributed by atoms with E-state index in [9.17, 15) is 0 Å². The molecule has 98 valence electrons. The Balaban J connectivity index is 2.06. The predicted octanol–water partition coefficient (Wildman–Crippen LogP) is 2.16. The Morgan fingerprint density at radius 1 is 1.17 bits per heavy atom. The lowest BCUT2D eigenvalue weighted by atomic mass is 10.2. The van der Waals surface area contributed by atoms with Crippen molar-refractivity contribution in [2.24, 2.45) is 0 Å². The Morgan fingerprint density at radius 3 is 2.83 bits per heavy atom. The van der Waals surface area contributed by atoms with E-state index >= 15 is 0 Å². The Hall–Kier alpha value is -0.920. The number of nitrogens with zero attached hydrogens (tertiary/aromatic N) is 4. The first-order chi connectivity index (χ1) is 8.85. The van der Waals surface area contributed by atoms with Gasteiger partial charge in [-0.1, -0.05) is 29.2 Å². The minimum Gasteiger partial charge on any atom is -0.320 e. The summed E-state index contributed by atoms with van der Waals surface area (Å²) in [5, 5.41) is 17.9. The van der Waals surface area contributed by atoms with Crippen molar-refractivity contribution >= 4 is 22.9 Å². The van der Waals surface area contributed by atoms with Crippen molar-refractivity contribution in [3.05, 3.63) is 10.7 Å². The fraction of sp³-hybridized carbons (Fsp3) is 0.636. The van der Waals surface area contributed by atoms with Crippen LogP contribution in [0, 0.1) is 0 Å². The molecule has 7 heteroatoms. The number of hydrogen-bond acceptors (Lipinski definition) is 7. The van der Waals surface area contributed by atoms with Crippen molar-refractivity contribution in [3.63, 3.8) is 0 Å². The van der Waals surface area contributed by atoms with Gasteiger partial charge in [0.25, 0.3) is 0 Å². The highest BCUT2D eigenvalue weighted by Gasteiger charge is 2.14. The first kappa shape index (κ1) is 13.5. The fourth-order valence-corrected chi connectivity index (χ4v) is 3.30. The third kappa shape index (κ3) is 3.30. The maximum absolute atomic E-state index is 4.26. The highest BCUT2D eigenvalue weighted by atomic mass is 32.1. The quantitative estimate of drug-likeness (QED) is 0.789.